The fourth-order valence-corrected chi connectivity index (χ4v) is 5.17. The van der Waals surface area contributed by atoms with Crippen molar-refractivity contribution < 1.29 is 0 Å². The third kappa shape index (κ3) is 4.06. The van der Waals surface area contributed by atoms with Crippen LogP contribution in [-0.4, -0.2) is 38.8 Å². The highest BCUT2D eigenvalue weighted by atomic mass is 35.5. The molecule has 0 aromatic carbocycles. The molecule has 1 atom stereocenters. The highest BCUT2D eigenvalue weighted by molar-refractivity contribution is 8.06. The van der Waals surface area contributed by atoms with E-state index in [1.54, 1.807) is 0 Å². The van der Waals surface area contributed by atoms with Gasteiger partial charge in [-0.05, 0) is 13.3 Å². The molecule has 108 valence electrons. The van der Waals surface area contributed by atoms with E-state index in [0.717, 1.165) is 47.7 Å². The van der Waals surface area contributed by atoms with E-state index in [1.165, 1.54) is 17.3 Å². The Labute approximate surface area is 129 Å². The molecule has 6 heteroatoms. The maximum Gasteiger partial charge on any atom is 0.0863 e. The summed E-state index contributed by atoms with van der Waals surface area (Å²) in [4.78, 5) is 0. The molecule has 19 heavy (non-hydrogen) atoms. The van der Waals surface area contributed by atoms with Crippen LogP contribution in [0.2, 0.25) is 5.02 Å². The number of nitrogens with zero attached hydrogens (tertiary/aromatic N) is 2. The van der Waals surface area contributed by atoms with Crippen LogP contribution in [0.15, 0.2) is 0 Å². The smallest absolute Gasteiger partial charge is 0.0863 e. The summed E-state index contributed by atoms with van der Waals surface area (Å²) in [5.74, 6) is 3.85. The molecule has 1 saturated heterocycles. The van der Waals surface area contributed by atoms with E-state index < -0.39 is 0 Å². The molecule has 3 nitrogen and oxygen atoms in total. The maximum absolute atomic E-state index is 6.40. The standard InChI is InChI=1S/C13H22ClN3S2/c1-3-11-13(14)12(17(4-2)16-11)8-15-7-10-9-18-5-6-19-10/h10,15H,3-9H2,1-2H3. The van der Waals surface area contributed by atoms with Crippen molar-refractivity contribution in [3.8, 4) is 0 Å². The summed E-state index contributed by atoms with van der Waals surface area (Å²) in [5, 5.41) is 9.68. The molecule has 0 spiro atoms. The number of nitrogens with one attached hydrogen (secondary N) is 1. The quantitative estimate of drug-likeness (QED) is 0.873. The van der Waals surface area contributed by atoms with Crippen molar-refractivity contribution in [3.63, 3.8) is 0 Å². The van der Waals surface area contributed by atoms with Crippen LogP contribution in [0.4, 0.5) is 0 Å². The third-order valence-electron chi connectivity index (χ3n) is 3.24. The summed E-state index contributed by atoms with van der Waals surface area (Å²) in [6.45, 7) is 6.97. The Morgan fingerprint density at radius 1 is 1.42 bits per heavy atom. The van der Waals surface area contributed by atoms with Gasteiger partial charge in [-0.2, -0.15) is 28.6 Å². The van der Waals surface area contributed by atoms with Gasteiger partial charge in [0.05, 0.1) is 16.4 Å². The van der Waals surface area contributed by atoms with Crippen LogP contribution in [0.25, 0.3) is 0 Å². The first-order valence-electron chi connectivity index (χ1n) is 6.90. The van der Waals surface area contributed by atoms with E-state index in [0.29, 0.717) is 0 Å². The predicted octanol–water partition coefficient (Wildman–Crippen LogP) is 3.06. The second-order valence-corrected chi connectivity index (χ2v) is 7.51. The summed E-state index contributed by atoms with van der Waals surface area (Å²) in [6, 6.07) is 0. The zero-order valence-electron chi connectivity index (χ0n) is 11.6. The highest BCUT2D eigenvalue weighted by Gasteiger charge is 2.16. The lowest BCUT2D eigenvalue weighted by atomic mass is 10.3. The molecular weight excluding hydrogens is 298 g/mol. The second kappa shape index (κ2) is 7.81. The number of rotatable bonds is 6. The summed E-state index contributed by atoms with van der Waals surface area (Å²) in [6.07, 6.45) is 0.897. The van der Waals surface area contributed by atoms with Crippen LogP contribution in [0, 0.1) is 0 Å². The lowest BCUT2D eigenvalue weighted by Gasteiger charge is -2.21. The van der Waals surface area contributed by atoms with Gasteiger partial charge in [0.15, 0.2) is 0 Å². The largest absolute Gasteiger partial charge is 0.310 e. The SMILES string of the molecule is CCc1nn(CC)c(CNCC2CSCCS2)c1Cl. The first kappa shape index (κ1) is 15.5. The summed E-state index contributed by atoms with van der Waals surface area (Å²) in [7, 11) is 0. The monoisotopic (exact) mass is 319 g/mol. The van der Waals surface area contributed by atoms with E-state index in [-0.39, 0.29) is 0 Å². The Kier molecular flexibility index (Phi) is 6.39. The van der Waals surface area contributed by atoms with Gasteiger partial charge in [-0.15, -0.1) is 0 Å². The zero-order valence-corrected chi connectivity index (χ0v) is 14.0. The van der Waals surface area contributed by atoms with E-state index in [9.17, 15) is 0 Å². The molecule has 1 N–H and O–H groups in total. The van der Waals surface area contributed by atoms with Crippen molar-refractivity contribution in [1.82, 2.24) is 15.1 Å². The second-order valence-electron chi connectivity index (χ2n) is 4.58. The van der Waals surface area contributed by atoms with Crippen LogP contribution in [0.5, 0.6) is 0 Å². The Morgan fingerprint density at radius 2 is 2.26 bits per heavy atom. The average molecular weight is 320 g/mol. The summed E-state index contributed by atoms with van der Waals surface area (Å²) >= 11 is 10.5. The predicted molar refractivity (Wildman–Crippen MR) is 87.6 cm³/mol. The number of halogens is 1. The number of hydrogen-bond donors (Lipinski definition) is 1. The van der Waals surface area contributed by atoms with E-state index >= 15 is 0 Å². The summed E-state index contributed by atoms with van der Waals surface area (Å²) < 4.78 is 2.02. The van der Waals surface area contributed by atoms with Gasteiger partial charge >= 0.3 is 0 Å². The zero-order chi connectivity index (χ0) is 13.7. The Balaban J connectivity index is 1.89. The van der Waals surface area contributed by atoms with Crippen LogP contribution >= 0.6 is 35.1 Å². The van der Waals surface area contributed by atoms with Crippen LogP contribution in [-0.2, 0) is 19.5 Å². The van der Waals surface area contributed by atoms with E-state index in [2.05, 4.69) is 47.8 Å². The minimum absolute atomic E-state index is 0.737. The molecule has 0 bridgehead atoms. The third-order valence-corrected chi connectivity index (χ3v) is 6.52. The van der Waals surface area contributed by atoms with Gasteiger partial charge in [0.25, 0.3) is 0 Å². The Bertz CT molecular complexity index is 403. The van der Waals surface area contributed by atoms with E-state index in [1.807, 2.05) is 4.68 Å². The number of hydrogen-bond acceptors (Lipinski definition) is 4. The topological polar surface area (TPSA) is 29.9 Å². The van der Waals surface area contributed by atoms with Crippen LogP contribution in [0.1, 0.15) is 25.2 Å². The molecule has 0 radical (unpaired) electrons. The lowest BCUT2D eigenvalue weighted by Crippen LogP contribution is -2.29. The van der Waals surface area contributed by atoms with Gasteiger partial charge in [-0.1, -0.05) is 18.5 Å². The molecule has 1 fully saturated rings. The van der Waals surface area contributed by atoms with Crippen molar-refractivity contribution in [2.45, 2.75) is 38.6 Å². The Morgan fingerprint density at radius 3 is 2.89 bits per heavy atom. The van der Waals surface area contributed by atoms with E-state index in [4.69, 9.17) is 11.6 Å². The number of thioether (sulfide) groups is 2. The van der Waals surface area contributed by atoms with Gasteiger partial charge in [0.2, 0.25) is 0 Å². The first-order chi connectivity index (χ1) is 9.26. The van der Waals surface area contributed by atoms with Crippen molar-refractivity contribution in [2.75, 3.05) is 23.8 Å². The Hall–Kier alpha value is 0.160. The molecule has 1 unspecified atom stereocenters. The van der Waals surface area contributed by atoms with Crippen molar-refractivity contribution in [3.05, 3.63) is 16.4 Å². The minimum Gasteiger partial charge on any atom is -0.310 e. The minimum atomic E-state index is 0.737. The van der Waals surface area contributed by atoms with Gasteiger partial charge in [-0.25, -0.2) is 0 Å². The fraction of sp³-hybridized carbons (Fsp3) is 0.769. The van der Waals surface area contributed by atoms with Gasteiger partial charge in [-0.3, -0.25) is 4.68 Å². The fourth-order valence-electron chi connectivity index (χ4n) is 2.19. The molecule has 0 saturated carbocycles. The van der Waals surface area contributed by atoms with Crippen molar-refractivity contribution >= 4 is 35.1 Å². The maximum atomic E-state index is 6.40. The molecule has 2 heterocycles. The molecule has 2 rings (SSSR count). The first-order valence-corrected chi connectivity index (χ1v) is 9.48. The average Bonchev–Trinajstić information content (AvgIpc) is 2.76. The van der Waals surface area contributed by atoms with Crippen molar-refractivity contribution in [1.29, 1.82) is 0 Å². The number of aryl methyl sites for hydroxylation is 2. The molecule has 1 aromatic heterocycles. The molecule has 1 aromatic rings. The normalized spacial score (nSPS) is 19.8. The van der Waals surface area contributed by atoms with Gasteiger partial charge in [0.1, 0.15) is 0 Å². The summed E-state index contributed by atoms with van der Waals surface area (Å²) in [5.41, 5.74) is 2.15. The van der Waals surface area contributed by atoms with Gasteiger partial charge < -0.3 is 5.32 Å². The molecule has 1 aliphatic rings. The van der Waals surface area contributed by atoms with Gasteiger partial charge in [0, 0.05) is 42.1 Å². The molecular formula is C13H22ClN3S2. The lowest BCUT2D eigenvalue weighted by molar-refractivity contribution is 0.578. The molecule has 0 aliphatic carbocycles. The molecule has 0 amide bonds. The van der Waals surface area contributed by atoms with Crippen LogP contribution in [0.3, 0.4) is 0 Å². The van der Waals surface area contributed by atoms with Crippen LogP contribution < -0.4 is 5.32 Å². The molecule has 1 aliphatic heterocycles. The highest BCUT2D eigenvalue weighted by Crippen LogP contribution is 2.24. The van der Waals surface area contributed by atoms with Crippen molar-refractivity contribution in [2.24, 2.45) is 0 Å². The number of aromatic nitrogens is 2.